The lowest BCUT2D eigenvalue weighted by Gasteiger charge is -2.10. The molecule has 0 unspecified atom stereocenters. The summed E-state index contributed by atoms with van der Waals surface area (Å²) in [5, 5.41) is 2.68. The second-order valence-corrected chi connectivity index (χ2v) is 6.71. The predicted molar refractivity (Wildman–Crippen MR) is 84.1 cm³/mol. The highest BCUT2D eigenvalue weighted by atomic mass is 32.2. The summed E-state index contributed by atoms with van der Waals surface area (Å²) in [5.41, 5.74) is 0.943. The number of pyridine rings is 1. The Labute approximate surface area is 129 Å². The molecule has 7 heteroatoms. The number of hydrogen-bond acceptors (Lipinski definition) is 4. The molecule has 0 bridgehead atoms. The van der Waals surface area contributed by atoms with Gasteiger partial charge in [-0.1, -0.05) is 0 Å². The Morgan fingerprint density at radius 3 is 2.36 bits per heavy atom. The van der Waals surface area contributed by atoms with Crippen molar-refractivity contribution in [1.82, 2.24) is 9.71 Å². The molecule has 6 nitrogen and oxygen atoms in total. The van der Waals surface area contributed by atoms with E-state index in [0.29, 0.717) is 11.3 Å². The lowest BCUT2D eigenvalue weighted by molar-refractivity contribution is 0.102. The molecule has 1 heterocycles. The maximum Gasteiger partial charge on any atom is 0.255 e. The van der Waals surface area contributed by atoms with Gasteiger partial charge >= 0.3 is 0 Å². The third kappa shape index (κ3) is 4.12. The zero-order chi connectivity index (χ0) is 16.2. The van der Waals surface area contributed by atoms with E-state index in [2.05, 4.69) is 15.0 Å². The van der Waals surface area contributed by atoms with Gasteiger partial charge in [0, 0.05) is 17.8 Å². The molecule has 0 atom stereocenters. The molecule has 1 aromatic carbocycles. The number of benzene rings is 1. The molecule has 0 spiro atoms. The minimum atomic E-state index is -3.55. The van der Waals surface area contributed by atoms with Gasteiger partial charge in [0.25, 0.3) is 5.91 Å². The Bertz CT molecular complexity index is 741. The van der Waals surface area contributed by atoms with Crippen LogP contribution in [0.25, 0.3) is 0 Å². The maximum atomic E-state index is 12.0. The highest BCUT2D eigenvalue weighted by molar-refractivity contribution is 7.89. The van der Waals surface area contributed by atoms with Gasteiger partial charge in [0.1, 0.15) is 0 Å². The van der Waals surface area contributed by atoms with Crippen LogP contribution in [0.5, 0.6) is 0 Å². The molecule has 22 heavy (non-hydrogen) atoms. The second kappa shape index (κ2) is 6.67. The Balaban J connectivity index is 2.13. The molecule has 1 aromatic heterocycles. The van der Waals surface area contributed by atoms with Crippen molar-refractivity contribution in [2.24, 2.45) is 0 Å². The van der Waals surface area contributed by atoms with Crippen LogP contribution in [0.3, 0.4) is 0 Å². The Hall–Kier alpha value is -2.25. The lowest BCUT2D eigenvalue weighted by atomic mass is 10.2. The number of sulfonamides is 1. The van der Waals surface area contributed by atoms with Gasteiger partial charge in [-0.05, 0) is 50.2 Å². The fourth-order valence-electron chi connectivity index (χ4n) is 1.80. The largest absolute Gasteiger partial charge is 0.321 e. The summed E-state index contributed by atoms with van der Waals surface area (Å²) in [6.07, 6.45) is 3.14. The van der Waals surface area contributed by atoms with Crippen LogP contribution in [0.2, 0.25) is 0 Å². The monoisotopic (exact) mass is 319 g/mol. The number of carbonyl (C=O) groups is 1. The molecule has 2 rings (SSSR count). The molecule has 0 saturated carbocycles. The van der Waals surface area contributed by atoms with Gasteiger partial charge in [0.2, 0.25) is 10.0 Å². The predicted octanol–water partition coefficient (Wildman–Crippen LogP) is 2.02. The normalized spacial score (nSPS) is 11.4. The Morgan fingerprint density at radius 1 is 1.14 bits per heavy atom. The van der Waals surface area contributed by atoms with E-state index in [1.807, 2.05) is 0 Å². The van der Waals surface area contributed by atoms with Crippen molar-refractivity contribution in [3.05, 3.63) is 54.4 Å². The van der Waals surface area contributed by atoms with Gasteiger partial charge in [-0.2, -0.15) is 0 Å². The smallest absolute Gasteiger partial charge is 0.255 e. The van der Waals surface area contributed by atoms with Gasteiger partial charge in [0.05, 0.1) is 16.8 Å². The van der Waals surface area contributed by atoms with Crippen LogP contribution < -0.4 is 10.0 Å². The molecule has 0 radical (unpaired) electrons. The average molecular weight is 319 g/mol. The maximum absolute atomic E-state index is 12.0. The zero-order valence-corrected chi connectivity index (χ0v) is 13.1. The molecule has 0 saturated heterocycles. The first-order valence-corrected chi connectivity index (χ1v) is 8.20. The number of nitrogens with one attached hydrogen (secondary N) is 2. The van der Waals surface area contributed by atoms with E-state index >= 15 is 0 Å². The van der Waals surface area contributed by atoms with E-state index in [-0.39, 0.29) is 16.8 Å². The summed E-state index contributed by atoms with van der Waals surface area (Å²) in [6, 6.07) is 8.99. The number of carbonyl (C=O) groups excluding carboxylic acids is 1. The quantitative estimate of drug-likeness (QED) is 0.882. The van der Waals surface area contributed by atoms with Crippen molar-refractivity contribution < 1.29 is 13.2 Å². The number of anilines is 1. The van der Waals surface area contributed by atoms with E-state index in [1.165, 1.54) is 30.5 Å². The van der Waals surface area contributed by atoms with Gasteiger partial charge in [0.15, 0.2) is 0 Å². The molecule has 0 aliphatic rings. The van der Waals surface area contributed by atoms with E-state index in [1.54, 1.807) is 32.2 Å². The van der Waals surface area contributed by atoms with Crippen molar-refractivity contribution in [3.8, 4) is 0 Å². The first-order chi connectivity index (χ1) is 10.4. The first kappa shape index (κ1) is 16.1. The number of nitrogens with zero attached hydrogens (tertiary/aromatic N) is 1. The molecule has 0 aliphatic heterocycles. The molecule has 2 aromatic rings. The summed E-state index contributed by atoms with van der Waals surface area (Å²) in [4.78, 5) is 16.1. The highest BCUT2D eigenvalue weighted by Crippen LogP contribution is 2.13. The van der Waals surface area contributed by atoms with Gasteiger partial charge < -0.3 is 5.32 Å². The van der Waals surface area contributed by atoms with Gasteiger partial charge in [-0.15, -0.1) is 0 Å². The third-order valence-electron chi connectivity index (χ3n) is 2.74. The number of rotatable bonds is 5. The minimum absolute atomic E-state index is 0.124. The van der Waals surface area contributed by atoms with E-state index in [0.717, 1.165) is 0 Å². The van der Waals surface area contributed by atoms with Crippen LogP contribution in [0.1, 0.15) is 24.2 Å². The third-order valence-corrected chi connectivity index (χ3v) is 4.41. The van der Waals surface area contributed by atoms with Crippen LogP contribution in [0.4, 0.5) is 5.69 Å². The Kier molecular flexibility index (Phi) is 4.89. The fourth-order valence-corrected chi connectivity index (χ4v) is 3.05. The molecular weight excluding hydrogens is 302 g/mol. The summed E-state index contributed by atoms with van der Waals surface area (Å²) in [7, 11) is -3.55. The van der Waals surface area contributed by atoms with E-state index in [9.17, 15) is 13.2 Å². The molecule has 0 fully saturated rings. The fraction of sp³-hybridized carbons (Fsp3) is 0.200. The zero-order valence-electron chi connectivity index (χ0n) is 12.3. The van der Waals surface area contributed by atoms with Crippen molar-refractivity contribution in [3.63, 3.8) is 0 Å². The molecule has 0 aliphatic carbocycles. The minimum Gasteiger partial charge on any atom is -0.321 e. The van der Waals surface area contributed by atoms with Crippen molar-refractivity contribution in [2.45, 2.75) is 24.8 Å². The number of amides is 1. The van der Waals surface area contributed by atoms with Crippen molar-refractivity contribution >= 4 is 21.6 Å². The summed E-state index contributed by atoms with van der Waals surface area (Å²) < 4.78 is 26.5. The van der Waals surface area contributed by atoms with E-state index in [4.69, 9.17) is 0 Å². The summed E-state index contributed by atoms with van der Waals surface area (Å²) in [6.45, 7) is 3.49. The number of aromatic nitrogens is 1. The summed E-state index contributed by atoms with van der Waals surface area (Å²) in [5.74, 6) is -0.325. The summed E-state index contributed by atoms with van der Waals surface area (Å²) >= 11 is 0. The second-order valence-electron chi connectivity index (χ2n) is 5.00. The molecule has 1 amide bonds. The van der Waals surface area contributed by atoms with Crippen LogP contribution in [0.15, 0.2) is 53.7 Å². The molecule has 116 valence electrons. The standard InChI is InChI=1S/C15H17N3O3S/c1-11(2)18-22(20,21)14-7-5-12(6-8-14)15(19)17-13-4-3-9-16-10-13/h3-11,18H,1-2H3,(H,17,19). The average Bonchev–Trinajstić information content (AvgIpc) is 2.47. The highest BCUT2D eigenvalue weighted by Gasteiger charge is 2.16. The van der Waals surface area contributed by atoms with Gasteiger partial charge in [-0.3, -0.25) is 9.78 Å². The topological polar surface area (TPSA) is 88.2 Å². The van der Waals surface area contributed by atoms with Crippen molar-refractivity contribution in [1.29, 1.82) is 0 Å². The van der Waals surface area contributed by atoms with Crippen molar-refractivity contribution in [2.75, 3.05) is 5.32 Å². The van der Waals surface area contributed by atoms with E-state index < -0.39 is 10.0 Å². The lowest BCUT2D eigenvalue weighted by Crippen LogP contribution is -2.30. The SMILES string of the molecule is CC(C)NS(=O)(=O)c1ccc(C(=O)Nc2cccnc2)cc1. The van der Waals surface area contributed by atoms with Gasteiger partial charge in [-0.25, -0.2) is 13.1 Å². The molecular formula is C15H17N3O3S. The Morgan fingerprint density at radius 2 is 1.82 bits per heavy atom. The first-order valence-electron chi connectivity index (χ1n) is 6.72. The van der Waals surface area contributed by atoms with Crippen LogP contribution in [-0.4, -0.2) is 25.4 Å². The van der Waals surface area contributed by atoms with Crippen LogP contribution in [-0.2, 0) is 10.0 Å². The number of hydrogen-bond donors (Lipinski definition) is 2. The van der Waals surface area contributed by atoms with Crippen LogP contribution in [0, 0.1) is 0 Å². The van der Waals surface area contributed by atoms with Crippen LogP contribution >= 0.6 is 0 Å². The molecule has 2 N–H and O–H groups in total.